The van der Waals surface area contributed by atoms with E-state index in [1.165, 1.54) is 19.8 Å². The first-order chi connectivity index (χ1) is 12.2. The van der Waals surface area contributed by atoms with E-state index in [0.29, 0.717) is 17.1 Å². The van der Waals surface area contributed by atoms with Gasteiger partial charge < -0.3 is 19.8 Å². The number of benzene rings is 1. The van der Waals surface area contributed by atoms with Crippen LogP contribution in [0.1, 0.15) is 42.7 Å². The van der Waals surface area contributed by atoms with Crippen LogP contribution in [0.3, 0.4) is 0 Å². The SMILES string of the molecule is COc1cc(NC(=O)c2ccco2)ccc1NC(=O)C1CCCCC1. The molecule has 0 atom stereocenters. The lowest BCUT2D eigenvalue weighted by molar-refractivity contribution is -0.120. The van der Waals surface area contributed by atoms with Crippen LogP contribution in [0.4, 0.5) is 11.4 Å². The van der Waals surface area contributed by atoms with Gasteiger partial charge in [-0.1, -0.05) is 19.3 Å². The molecule has 1 fully saturated rings. The average Bonchev–Trinajstić information content (AvgIpc) is 3.18. The topological polar surface area (TPSA) is 80.6 Å². The number of carbonyl (C=O) groups excluding carboxylic acids is 2. The molecular formula is C19H22N2O4. The largest absolute Gasteiger partial charge is 0.494 e. The zero-order chi connectivity index (χ0) is 17.6. The molecule has 2 N–H and O–H groups in total. The van der Waals surface area contributed by atoms with E-state index in [1.807, 2.05) is 0 Å². The van der Waals surface area contributed by atoms with Crippen LogP contribution in [-0.4, -0.2) is 18.9 Å². The van der Waals surface area contributed by atoms with Crippen LogP contribution in [0.25, 0.3) is 0 Å². The van der Waals surface area contributed by atoms with E-state index in [0.717, 1.165) is 25.7 Å². The van der Waals surface area contributed by atoms with E-state index in [1.54, 1.807) is 30.3 Å². The van der Waals surface area contributed by atoms with Crippen molar-refractivity contribution < 1.29 is 18.7 Å². The monoisotopic (exact) mass is 342 g/mol. The van der Waals surface area contributed by atoms with Crippen LogP contribution in [0.15, 0.2) is 41.0 Å². The van der Waals surface area contributed by atoms with Gasteiger partial charge in [-0.05, 0) is 37.1 Å². The van der Waals surface area contributed by atoms with Gasteiger partial charge >= 0.3 is 0 Å². The Bertz CT molecular complexity index is 734. The van der Waals surface area contributed by atoms with Gasteiger partial charge in [0.2, 0.25) is 5.91 Å². The molecule has 3 rings (SSSR count). The van der Waals surface area contributed by atoms with E-state index in [9.17, 15) is 9.59 Å². The van der Waals surface area contributed by atoms with E-state index in [2.05, 4.69) is 10.6 Å². The van der Waals surface area contributed by atoms with Crippen LogP contribution in [0, 0.1) is 5.92 Å². The Morgan fingerprint density at radius 2 is 1.92 bits per heavy atom. The maximum atomic E-state index is 12.4. The molecule has 0 aliphatic heterocycles. The first-order valence-electron chi connectivity index (χ1n) is 8.51. The van der Waals surface area contributed by atoms with Crippen LogP contribution in [0.2, 0.25) is 0 Å². The second-order valence-electron chi connectivity index (χ2n) is 6.17. The molecule has 0 spiro atoms. The van der Waals surface area contributed by atoms with Crippen LogP contribution in [0.5, 0.6) is 5.75 Å². The molecule has 2 aromatic rings. The minimum atomic E-state index is -0.342. The first-order valence-corrected chi connectivity index (χ1v) is 8.51. The average molecular weight is 342 g/mol. The van der Waals surface area contributed by atoms with Crippen molar-refractivity contribution in [1.29, 1.82) is 0 Å². The van der Waals surface area contributed by atoms with Crippen LogP contribution >= 0.6 is 0 Å². The first kappa shape index (κ1) is 17.1. The van der Waals surface area contributed by atoms with Gasteiger partial charge in [-0.15, -0.1) is 0 Å². The van der Waals surface area contributed by atoms with Crippen molar-refractivity contribution in [2.75, 3.05) is 17.7 Å². The summed E-state index contributed by atoms with van der Waals surface area (Å²) in [6.45, 7) is 0. The summed E-state index contributed by atoms with van der Waals surface area (Å²) in [6.07, 6.45) is 6.73. The summed E-state index contributed by atoms with van der Waals surface area (Å²) in [5, 5.41) is 5.68. The van der Waals surface area contributed by atoms with Crippen molar-refractivity contribution >= 4 is 23.2 Å². The number of rotatable bonds is 5. The molecule has 1 aliphatic rings. The van der Waals surface area contributed by atoms with E-state index < -0.39 is 0 Å². The summed E-state index contributed by atoms with van der Waals surface area (Å²) in [4.78, 5) is 24.4. The molecule has 6 nitrogen and oxygen atoms in total. The number of hydrogen-bond acceptors (Lipinski definition) is 4. The van der Waals surface area contributed by atoms with Gasteiger partial charge in [0.1, 0.15) is 5.75 Å². The Balaban J connectivity index is 1.68. The Kier molecular flexibility index (Phi) is 5.38. The number of furan rings is 1. The van der Waals surface area contributed by atoms with Crippen LogP contribution in [-0.2, 0) is 4.79 Å². The number of amides is 2. The van der Waals surface area contributed by atoms with Crippen molar-refractivity contribution in [3.05, 3.63) is 42.4 Å². The lowest BCUT2D eigenvalue weighted by Crippen LogP contribution is -2.25. The molecule has 1 aromatic carbocycles. The number of carbonyl (C=O) groups is 2. The fourth-order valence-electron chi connectivity index (χ4n) is 3.07. The van der Waals surface area contributed by atoms with Crippen molar-refractivity contribution in [2.45, 2.75) is 32.1 Å². The smallest absolute Gasteiger partial charge is 0.291 e. The number of anilines is 2. The van der Waals surface area contributed by atoms with Gasteiger partial charge in [0.25, 0.3) is 5.91 Å². The van der Waals surface area contributed by atoms with Crippen molar-refractivity contribution in [1.82, 2.24) is 0 Å². The quantitative estimate of drug-likeness (QED) is 0.858. The Morgan fingerprint density at radius 3 is 2.60 bits per heavy atom. The molecule has 0 unspecified atom stereocenters. The summed E-state index contributed by atoms with van der Waals surface area (Å²) in [5.41, 5.74) is 1.17. The van der Waals surface area contributed by atoms with Crippen molar-refractivity contribution in [3.8, 4) is 5.75 Å². The van der Waals surface area contributed by atoms with Gasteiger partial charge in [0, 0.05) is 17.7 Å². The van der Waals surface area contributed by atoms with E-state index in [-0.39, 0.29) is 23.5 Å². The summed E-state index contributed by atoms with van der Waals surface area (Å²) in [5.74, 6) is 0.489. The zero-order valence-electron chi connectivity index (χ0n) is 14.2. The van der Waals surface area contributed by atoms with Gasteiger partial charge in [0.15, 0.2) is 5.76 Å². The molecule has 1 aromatic heterocycles. The molecular weight excluding hydrogens is 320 g/mol. The van der Waals surface area contributed by atoms with E-state index in [4.69, 9.17) is 9.15 Å². The minimum absolute atomic E-state index is 0.0328. The molecule has 6 heteroatoms. The zero-order valence-corrected chi connectivity index (χ0v) is 14.2. The number of nitrogens with one attached hydrogen (secondary N) is 2. The minimum Gasteiger partial charge on any atom is -0.494 e. The number of methoxy groups -OCH3 is 1. The predicted molar refractivity (Wildman–Crippen MR) is 94.9 cm³/mol. The number of ether oxygens (including phenoxy) is 1. The highest BCUT2D eigenvalue weighted by atomic mass is 16.5. The Labute approximate surface area is 146 Å². The molecule has 132 valence electrons. The highest BCUT2D eigenvalue weighted by molar-refractivity contribution is 6.02. The third kappa shape index (κ3) is 4.21. The van der Waals surface area contributed by atoms with Crippen molar-refractivity contribution in [3.63, 3.8) is 0 Å². The molecule has 1 aliphatic carbocycles. The summed E-state index contributed by atoms with van der Waals surface area (Å²) in [6, 6.07) is 8.37. The fourth-order valence-corrected chi connectivity index (χ4v) is 3.07. The highest BCUT2D eigenvalue weighted by Crippen LogP contribution is 2.30. The molecule has 0 radical (unpaired) electrons. The molecule has 1 heterocycles. The van der Waals surface area contributed by atoms with Gasteiger partial charge in [-0.2, -0.15) is 0 Å². The molecule has 25 heavy (non-hydrogen) atoms. The third-order valence-electron chi connectivity index (χ3n) is 4.44. The standard InChI is InChI=1S/C19H22N2O4/c1-24-17-12-14(20-19(23)16-8-5-11-25-16)9-10-15(17)21-18(22)13-6-3-2-4-7-13/h5,8-13H,2-4,6-7H2,1H3,(H,20,23)(H,21,22). The van der Waals surface area contributed by atoms with E-state index >= 15 is 0 Å². The molecule has 1 saturated carbocycles. The predicted octanol–water partition coefficient (Wildman–Crippen LogP) is 4.06. The maximum Gasteiger partial charge on any atom is 0.291 e. The lowest BCUT2D eigenvalue weighted by Gasteiger charge is -2.21. The maximum absolute atomic E-state index is 12.4. The molecule has 2 amide bonds. The van der Waals surface area contributed by atoms with Crippen molar-refractivity contribution in [2.24, 2.45) is 5.92 Å². The van der Waals surface area contributed by atoms with Gasteiger partial charge in [0.05, 0.1) is 19.1 Å². The van der Waals surface area contributed by atoms with Gasteiger partial charge in [-0.3, -0.25) is 9.59 Å². The lowest BCUT2D eigenvalue weighted by atomic mass is 9.88. The number of hydrogen-bond donors (Lipinski definition) is 2. The molecule has 0 saturated heterocycles. The fraction of sp³-hybridized carbons (Fsp3) is 0.368. The summed E-state index contributed by atoms with van der Waals surface area (Å²) < 4.78 is 10.4. The summed E-state index contributed by atoms with van der Waals surface area (Å²) in [7, 11) is 1.53. The highest BCUT2D eigenvalue weighted by Gasteiger charge is 2.22. The third-order valence-corrected chi connectivity index (χ3v) is 4.44. The normalized spacial score (nSPS) is 14.8. The Hall–Kier alpha value is -2.76. The summed E-state index contributed by atoms with van der Waals surface area (Å²) >= 11 is 0. The second-order valence-corrected chi connectivity index (χ2v) is 6.17. The van der Waals surface area contributed by atoms with Gasteiger partial charge in [-0.25, -0.2) is 0 Å². The Morgan fingerprint density at radius 1 is 1.12 bits per heavy atom. The molecule has 0 bridgehead atoms. The second kappa shape index (κ2) is 7.88. The van der Waals surface area contributed by atoms with Crippen LogP contribution < -0.4 is 15.4 Å².